The molecule has 0 aliphatic heterocycles. The Morgan fingerprint density at radius 1 is 1.14 bits per heavy atom. The van der Waals surface area contributed by atoms with Crippen molar-refractivity contribution in [2.75, 3.05) is 0 Å². The third kappa shape index (κ3) is 4.14. The van der Waals surface area contributed by atoms with Crippen LogP contribution in [0.4, 0.5) is 13.2 Å². The number of carbonyl (C=O) groups is 1. The van der Waals surface area contributed by atoms with Crippen LogP contribution in [0, 0.1) is 13.8 Å². The first-order valence-corrected chi connectivity index (χ1v) is 7.18. The molecule has 6 heteroatoms. The van der Waals surface area contributed by atoms with Crippen LogP contribution in [0.3, 0.4) is 0 Å². The zero-order valence-electron chi connectivity index (χ0n) is 11.6. The first-order valence-electron chi connectivity index (χ1n) is 6.36. The third-order valence-electron chi connectivity index (χ3n) is 3.04. The summed E-state index contributed by atoms with van der Waals surface area (Å²) in [5.74, 6) is -0.0264. The van der Waals surface area contributed by atoms with Crippen molar-refractivity contribution in [3.05, 3.63) is 51.0 Å². The Bertz CT molecular complexity index is 644. The summed E-state index contributed by atoms with van der Waals surface area (Å²) >= 11 is 1.48. The fourth-order valence-corrected chi connectivity index (χ4v) is 2.98. The van der Waals surface area contributed by atoms with Gasteiger partial charge in [-0.2, -0.15) is 13.2 Å². The van der Waals surface area contributed by atoms with Gasteiger partial charge in [0.1, 0.15) is 5.78 Å². The molecule has 0 N–H and O–H groups in total. The fourth-order valence-electron chi connectivity index (χ4n) is 2.02. The first kappa shape index (κ1) is 15.7. The van der Waals surface area contributed by atoms with Crippen LogP contribution in [-0.4, -0.2) is 10.8 Å². The normalized spacial score (nSPS) is 11.7. The van der Waals surface area contributed by atoms with Gasteiger partial charge >= 0.3 is 6.18 Å². The highest BCUT2D eigenvalue weighted by atomic mass is 32.1. The second kappa shape index (κ2) is 5.97. The van der Waals surface area contributed by atoms with E-state index in [0.29, 0.717) is 5.56 Å². The lowest BCUT2D eigenvalue weighted by Gasteiger charge is -2.07. The van der Waals surface area contributed by atoms with E-state index in [2.05, 4.69) is 4.98 Å². The molecule has 0 radical (unpaired) electrons. The lowest BCUT2D eigenvalue weighted by Crippen LogP contribution is -2.08. The summed E-state index contributed by atoms with van der Waals surface area (Å²) in [4.78, 5) is 17.2. The molecule has 1 aromatic heterocycles. The lowest BCUT2D eigenvalue weighted by molar-refractivity contribution is -0.137. The Balaban J connectivity index is 2.01. The van der Waals surface area contributed by atoms with Crippen LogP contribution < -0.4 is 0 Å². The summed E-state index contributed by atoms with van der Waals surface area (Å²) in [6.07, 6.45) is -3.94. The van der Waals surface area contributed by atoms with E-state index in [1.54, 1.807) is 0 Å². The van der Waals surface area contributed by atoms with Crippen molar-refractivity contribution in [3.8, 4) is 0 Å². The van der Waals surface area contributed by atoms with Crippen molar-refractivity contribution >= 4 is 17.1 Å². The number of thiazole rings is 1. The summed E-state index contributed by atoms with van der Waals surface area (Å²) in [5, 5.41) is 0.907. The minimum absolute atomic E-state index is 0.0264. The van der Waals surface area contributed by atoms with Crippen LogP contribution in [0.2, 0.25) is 0 Å². The van der Waals surface area contributed by atoms with E-state index in [-0.39, 0.29) is 18.6 Å². The monoisotopic (exact) mass is 313 g/mol. The number of Topliss-reactive ketones (excluding diaryl/α,β-unsaturated/α-hetero) is 1. The van der Waals surface area contributed by atoms with E-state index in [9.17, 15) is 18.0 Å². The first-order chi connectivity index (χ1) is 9.75. The minimum Gasteiger partial charge on any atom is -0.299 e. The number of halogens is 3. The van der Waals surface area contributed by atoms with Gasteiger partial charge in [0.15, 0.2) is 0 Å². The summed E-state index contributed by atoms with van der Waals surface area (Å²) in [5.41, 5.74) is 0.734. The maximum absolute atomic E-state index is 12.4. The summed E-state index contributed by atoms with van der Waals surface area (Å²) in [6, 6.07) is 4.71. The minimum atomic E-state index is -4.35. The van der Waals surface area contributed by atoms with Crippen LogP contribution >= 0.6 is 11.3 Å². The highest BCUT2D eigenvalue weighted by Crippen LogP contribution is 2.29. The van der Waals surface area contributed by atoms with Gasteiger partial charge in [0.05, 0.1) is 16.3 Å². The van der Waals surface area contributed by atoms with Crippen LogP contribution in [0.1, 0.15) is 26.7 Å². The summed E-state index contributed by atoms with van der Waals surface area (Å²) < 4.78 is 37.3. The lowest BCUT2D eigenvalue weighted by atomic mass is 10.0. The maximum Gasteiger partial charge on any atom is 0.416 e. The van der Waals surface area contributed by atoms with E-state index >= 15 is 0 Å². The molecule has 21 heavy (non-hydrogen) atoms. The number of carbonyl (C=O) groups excluding carboxylic acids is 1. The Morgan fingerprint density at radius 2 is 1.76 bits per heavy atom. The molecule has 0 bridgehead atoms. The molecule has 0 aliphatic carbocycles. The topological polar surface area (TPSA) is 30.0 Å². The standard InChI is InChI=1S/C15H14F3NOS/c1-9-14(21-10(2)19-9)8-13(20)7-11-3-5-12(6-4-11)15(16,17)18/h3-6H,7-8H2,1-2H3. The second-order valence-electron chi connectivity index (χ2n) is 4.83. The molecule has 0 spiro atoms. The predicted molar refractivity (Wildman–Crippen MR) is 75.4 cm³/mol. The van der Waals surface area contributed by atoms with Crippen molar-refractivity contribution in [1.82, 2.24) is 4.98 Å². The number of ketones is 1. The number of aromatic nitrogens is 1. The SMILES string of the molecule is Cc1nc(C)c(CC(=O)Cc2ccc(C(F)(F)F)cc2)s1. The van der Waals surface area contributed by atoms with Gasteiger partial charge < -0.3 is 0 Å². The predicted octanol–water partition coefficient (Wildman–Crippen LogP) is 4.13. The van der Waals surface area contributed by atoms with E-state index < -0.39 is 11.7 Å². The van der Waals surface area contributed by atoms with Crippen molar-refractivity contribution in [2.45, 2.75) is 32.9 Å². The Labute approximate surface area is 124 Å². The third-order valence-corrected chi connectivity index (χ3v) is 4.11. The number of benzene rings is 1. The van der Waals surface area contributed by atoms with Crippen LogP contribution in [0.25, 0.3) is 0 Å². The zero-order chi connectivity index (χ0) is 15.6. The van der Waals surface area contributed by atoms with Gasteiger partial charge in [-0.25, -0.2) is 4.98 Å². The zero-order valence-corrected chi connectivity index (χ0v) is 12.4. The van der Waals surface area contributed by atoms with E-state index in [0.717, 1.165) is 27.7 Å². The van der Waals surface area contributed by atoms with Gasteiger partial charge in [-0.15, -0.1) is 11.3 Å². The average molecular weight is 313 g/mol. The van der Waals surface area contributed by atoms with Crippen LogP contribution in [-0.2, 0) is 23.8 Å². The van der Waals surface area contributed by atoms with Gasteiger partial charge in [-0.05, 0) is 31.5 Å². The molecule has 1 heterocycles. The molecule has 0 fully saturated rings. The molecule has 1 aromatic carbocycles. The van der Waals surface area contributed by atoms with Crippen molar-refractivity contribution in [1.29, 1.82) is 0 Å². The van der Waals surface area contributed by atoms with Gasteiger partial charge in [-0.3, -0.25) is 4.79 Å². The fraction of sp³-hybridized carbons (Fsp3) is 0.333. The molecule has 0 amide bonds. The molecule has 2 nitrogen and oxygen atoms in total. The second-order valence-corrected chi connectivity index (χ2v) is 6.12. The molecule has 2 aromatic rings. The number of aryl methyl sites for hydroxylation is 2. The summed E-state index contributed by atoms with van der Waals surface area (Å²) in [7, 11) is 0. The molecule has 0 atom stereocenters. The summed E-state index contributed by atoms with van der Waals surface area (Å²) in [6.45, 7) is 3.73. The van der Waals surface area contributed by atoms with Crippen molar-refractivity contribution < 1.29 is 18.0 Å². The molecule has 2 rings (SSSR count). The van der Waals surface area contributed by atoms with Gasteiger partial charge in [0.25, 0.3) is 0 Å². The molecule has 0 saturated heterocycles. The quantitative estimate of drug-likeness (QED) is 0.849. The Hall–Kier alpha value is -1.69. The molecule has 0 aliphatic rings. The number of alkyl halides is 3. The van der Waals surface area contributed by atoms with Crippen molar-refractivity contribution in [2.24, 2.45) is 0 Å². The number of rotatable bonds is 4. The van der Waals surface area contributed by atoms with Crippen LogP contribution in [0.5, 0.6) is 0 Å². The molecular formula is C15H14F3NOS. The maximum atomic E-state index is 12.4. The molecular weight excluding hydrogens is 299 g/mol. The van der Waals surface area contributed by atoms with Crippen molar-refractivity contribution in [3.63, 3.8) is 0 Å². The largest absolute Gasteiger partial charge is 0.416 e. The van der Waals surface area contributed by atoms with Crippen LogP contribution in [0.15, 0.2) is 24.3 Å². The smallest absolute Gasteiger partial charge is 0.299 e. The number of hydrogen-bond acceptors (Lipinski definition) is 3. The number of nitrogens with zero attached hydrogens (tertiary/aromatic N) is 1. The van der Waals surface area contributed by atoms with E-state index in [4.69, 9.17) is 0 Å². The molecule has 112 valence electrons. The average Bonchev–Trinajstić information content (AvgIpc) is 2.67. The highest BCUT2D eigenvalue weighted by Gasteiger charge is 2.29. The Morgan fingerprint density at radius 3 is 2.24 bits per heavy atom. The van der Waals surface area contributed by atoms with E-state index in [1.165, 1.54) is 23.5 Å². The van der Waals surface area contributed by atoms with Gasteiger partial charge in [0, 0.05) is 17.7 Å². The van der Waals surface area contributed by atoms with E-state index in [1.807, 2.05) is 13.8 Å². The highest BCUT2D eigenvalue weighted by molar-refractivity contribution is 7.11. The Kier molecular flexibility index (Phi) is 4.46. The van der Waals surface area contributed by atoms with Gasteiger partial charge in [0.2, 0.25) is 0 Å². The number of hydrogen-bond donors (Lipinski definition) is 0. The van der Waals surface area contributed by atoms with Gasteiger partial charge in [-0.1, -0.05) is 12.1 Å². The molecule has 0 unspecified atom stereocenters. The molecule has 0 saturated carbocycles.